The van der Waals surface area contributed by atoms with E-state index in [9.17, 15) is 13.2 Å². The van der Waals surface area contributed by atoms with Crippen molar-refractivity contribution >= 4 is 11.5 Å². The van der Waals surface area contributed by atoms with Gasteiger partial charge in [0.1, 0.15) is 5.82 Å². The first-order valence-corrected chi connectivity index (χ1v) is 10.6. The van der Waals surface area contributed by atoms with Crippen LogP contribution in [0.3, 0.4) is 0 Å². The molecular formula is C24H26F3N5. The molecule has 0 unspecified atom stereocenters. The predicted octanol–water partition coefficient (Wildman–Crippen LogP) is 4.83. The number of halogens is 3. The van der Waals surface area contributed by atoms with Crippen LogP contribution in [0.25, 0.3) is 11.4 Å². The molecule has 2 aromatic carbocycles. The van der Waals surface area contributed by atoms with Crippen molar-refractivity contribution in [3.05, 3.63) is 71.4 Å². The second kappa shape index (κ2) is 9.16. The lowest BCUT2D eigenvalue weighted by molar-refractivity contribution is -0.137. The Morgan fingerprint density at radius 3 is 2.34 bits per heavy atom. The van der Waals surface area contributed by atoms with Gasteiger partial charge in [0.15, 0.2) is 5.82 Å². The topological polar surface area (TPSA) is 44.3 Å². The summed E-state index contributed by atoms with van der Waals surface area (Å²) in [7, 11) is 2.13. The molecule has 5 nitrogen and oxygen atoms in total. The quantitative estimate of drug-likeness (QED) is 0.614. The van der Waals surface area contributed by atoms with Gasteiger partial charge >= 0.3 is 6.18 Å². The zero-order valence-corrected chi connectivity index (χ0v) is 18.2. The fourth-order valence-electron chi connectivity index (χ4n) is 3.72. The Morgan fingerprint density at radius 2 is 1.66 bits per heavy atom. The van der Waals surface area contributed by atoms with Gasteiger partial charge in [-0.15, -0.1) is 0 Å². The molecule has 1 saturated heterocycles. The minimum atomic E-state index is -4.36. The monoisotopic (exact) mass is 441 g/mol. The molecule has 1 aromatic heterocycles. The second-order valence-electron chi connectivity index (χ2n) is 8.11. The number of nitrogens with zero attached hydrogens (tertiary/aromatic N) is 4. The molecule has 168 valence electrons. The summed E-state index contributed by atoms with van der Waals surface area (Å²) < 4.78 is 38.8. The molecule has 1 aliphatic heterocycles. The van der Waals surface area contributed by atoms with Crippen LogP contribution in [0, 0.1) is 6.92 Å². The standard InChI is InChI=1S/C24H26F3N5/c1-17-14-22(28-16-18-4-3-5-20(15-18)24(25,26)27)30-23(29-17)19-6-8-21(9-7-19)32-12-10-31(2)11-13-32/h3-9,14-15H,10-13,16H2,1-2H3,(H,28,29,30). The Kier molecular flexibility index (Phi) is 6.32. The summed E-state index contributed by atoms with van der Waals surface area (Å²) in [5.74, 6) is 1.16. The molecule has 0 amide bonds. The van der Waals surface area contributed by atoms with E-state index in [0.717, 1.165) is 49.6 Å². The van der Waals surface area contributed by atoms with Gasteiger partial charge in [-0.1, -0.05) is 12.1 Å². The van der Waals surface area contributed by atoms with Gasteiger partial charge in [-0.05, 0) is 55.9 Å². The van der Waals surface area contributed by atoms with Crippen molar-refractivity contribution in [3.63, 3.8) is 0 Å². The van der Waals surface area contributed by atoms with Gasteiger partial charge in [0.05, 0.1) is 5.56 Å². The summed E-state index contributed by atoms with van der Waals surface area (Å²) in [6.45, 7) is 6.20. The molecule has 0 spiro atoms. The predicted molar refractivity (Wildman–Crippen MR) is 121 cm³/mol. The first kappa shape index (κ1) is 22.1. The van der Waals surface area contributed by atoms with Crippen molar-refractivity contribution in [1.82, 2.24) is 14.9 Å². The zero-order valence-electron chi connectivity index (χ0n) is 18.2. The normalized spacial score (nSPS) is 15.1. The van der Waals surface area contributed by atoms with E-state index >= 15 is 0 Å². The first-order chi connectivity index (χ1) is 15.3. The number of aryl methyl sites for hydroxylation is 1. The number of alkyl halides is 3. The summed E-state index contributed by atoms with van der Waals surface area (Å²) in [6, 6.07) is 15.3. The molecule has 3 aromatic rings. The number of likely N-dealkylation sites (N-methyl/N-ethyl adjacent to an activating group) is 1. The number of nitrogens with one attached hydrogen (secondary N) is 1. The van der Waals surface area contributed by atoms with Crippen LogP contribution in [-0.4, -0.2) is 48.1 Å². The van der Waals surface area contributed by atoms with Crippen LogP contribution in [0.5, 0.6) is 0 Å². The molecule has 0 bridgehead atoms. The van der Waals surface area contributed by atoms with Gasteiger partial charge in [-0.3, -0.25) is 0 Å². The zero-order chi connectivity index (χ0) is 22.7. The van der Waals surface area contributed by atoms with Gasteiger partial charge in [0.2, 0.25) is 0 Å². The van der Waals surface area contributed by atoms with Crippen LogP contribution in [-0.2, 0) is 12.7 Å². The minimum Gasteiger partial charge on any atom is -0.369 e. The van der Waals surface area contributed by atoms with Crippen LogP contribution >= 0.6 is 0 Å². The van der Waals surface area contributed by atoms with E-state index in [4.69, 9.17) is 0 Å². The van der Waals surface area contributed by atoms with Gasteiger partial charge in [0, 0.05) is 55.7 Å². The van der Waals surface area contributed by atoms with E-state index in [2.05, 4.69) is 44.3 Å². The second-order valence-corrected chi connectivity index (χ2v) is 8.11. The van der Waals surface area contributed by atoms with E-state index in [1.54, 1.807) is 12.1 Å². The van der Waals surface area contributed by atoms with Gasteiger partial charge in [-0.2, -0.15) is 13.2 Å². The molecule has 4 rings (SSSR count). The SMILES string of the molecule is Cc1cc(NCc2cccc(C(F)(F)F)c2)nc(-c2ccc(N3CCN(C)CC3)cc2)n1. The summed E-state index contributed by atoms with van der Waals surface area (Å²) in [5.41, 5.74) is 2.74. The maximum Gasteiger partial charge on any atom is 0.416 e. The van der Waals surface area contributed by atoms with Crippen molar-refractivity contribution < 1.29 is 13.2 Å². The maximum absolute atomic E-state index is 12.9. The lowest BCUT2D eigenvalue weighted by Crippen LogP contribution is -2.44. The maximum atomic E-state index is 12.9. The Balaban J connectivity index is 1.47. The lowest BCUT2D eigenvalue weighted by Gasteiger charge is -2.34. The third kappa shape index (κ3) is 5.37. The highest BCUT2D eigenvalue weighted by molar-refractivity contribution is 5.62. The smallest absolute Gasteiger partial charge is 0.369 e. The number of benzene rings is 2. The van der Waals surface area contributed by atoms with Crippen molar-refractivity contribution in [3.8, 4) is 11.4 Å². The molecule has 8 heteroatoms. The van der Waals surface area contributed by atoms with Gasteiger partial charge in [0.25, 0.3) is 0 Å². The third-order valence-electron chi connectivity index (χ3n) is 5.58. The number of aromatic nitrogens is 2. The van der Waals surface area contributed by atoms with Crippen molar-refractivity contribution in [2.75, 3.05) is 43.4 Å². The van der Waals surface area contributed by atoms with Crippen LogP contribution in [0.4, 0.5) is 24.7 Å². The summed E-state index contributed by atoms with van der Waals surface area (Å²) in [5, 5.41) is 3.13. The molecule has 0 saturated carbocycles. The Bertz CT molecular complexity index is 1060. The first-order valence-electron chi connectivity index (χ1n) is 10.6. The molecule has 32 heavy (non-hydrogen) atoms. The fourth-order valence-corrected chi connectivity index (χ4v) is 3.72. The van der Waals surface area contributed by atoms with Crippen LogP contribution in [0.1, 0.15) is 16.8 Å². The summed E-state index contributed by atoms with van der Waals surface area (Å²) in [6.07, 6.45) is -4.36. The lowest BCUT2D eigenvalue weighted by atomic mass is 10.1. The van der Waals surface area contributed by atoms with Crippen LogP contribution in [0.15, 0.2) is 54.6 Å². The Morgan fingerprint density at radius 1 is 0.938 bits per heavy atom. The van der Waals surface area contributed by atoms with Crippen molar-refractivity contribution in [1.29, 1.82) is 0 Å². The van der Waals surface area contributed by atoms with E-state index in [1.165, 1.54) is 11.8 Å². The summed E-state index contributed by atoms with van der Waals surface area (Å²) >= 11 is 0. The molecule has 2 heterocycles. The van der Waals surface area contributed by atoms with E-state index in [-0.39, 0.29) is 6.54 Å². The van der Waals surface area contributed by atoms with Crippen LogP contribution in [0.2, 0.25) is 0 Å². The molecule has 1 fully saturated rings. The number of piperazine rings is 1. The minimum absolute atomic E-state index is 0.238. The highest BCUT2D eigenvalue weighted by atomic mass is 19.4. The third-order valence-corrected chi connectivity index (χ3v) is 5.58. The molecule has 0 aliphatic carbocycles. The van der Waals surface area contributed by atoms with E-state index in [0.29, 0.717) is 17.2 Å². The highest BCUT2D eigenvalue weighted by Gasteiger charge is 2.30. The molecule has 1 aliphatic rings. The number of hydrogen-bond donors (Lipinski definition) is 1. The molecule has 0 radical (unpaired) electrons. The number of anilines is 2. The molecule has 0 atom stereocenters. The van der Waals surface area contributed by atoms with Gasteiger partial charge < -0.3 is 15.1 Å². The average molecular weight is 442 g/mol. The van der Waals surface area contributed by atoms with Crippen LogP contribution < -0.4 is 10.2 Å². The molecule has 1 N–H and O–H groups in total. The van der Waals surface area contributed by atoms with E-state index < -0.39 is 11.7 Å². The van der Waals surface area contributed by atoms with Crippen molar-refractivity contribution in [2.24, 2.45) is 0 Å². The van der Waals surface area contributed by atoms with Crippen molar-refractivity contribution in [2.45, 2.75) is 19.6 Å². The largest absolute Gasteiger partial charge is 0.416 e. The Hall–Kier alpha value is -3.13. The highest BCUT2D eigenvalue weighted by Crippen LogP contribution is 2.30. The van der Waals surface area contributed by atoms with Gasteiger partial charge in [-0.25, -0.2) is 9.97 Å². The van der Waals surface area contributed by atoms with E-state index in [1.807, 2.05) is 19.1 Å². The molecular weight excluding hydrogens is 415 g/mol. The summed E-state index contributed by atoms with van der Waals surface area (Å²) in [4.78, 5) is 13.8. The fraction of sp³-hybridized carbons (Fsp3) is 0.333. The number of hydrogen-bond acceptors (Lipinski definition) is 5. The number of rotatable bonds is 5. The Labute approximate surface area is 185 Å². The average Bonchev–Trinajstić information content (AvgIpc) is 2.78.